The Morgan fingerprint density at radius 1 is 1.42 bits per heavy atom. The van der Waals surface area contributed by atoms with E-state index in [9.17, 15) is 4.79 Å². The highest BCUT2D eigenvalue weighted by Gasteiger charge is 2.16. The van der Waals surface area contributed by atoms with Crippen LogP contribution in [0.5, 0.6) is 0 Å². The number of nitrogens with one attached hydrogen (secondary N) is 1. The Kier molecular flexibility index (Phi) is 5.67. The molecule has 0 saturated heterocycles. The average Bonchev–Trinajstić information content (AvgIpc) is 2.39. The number of carbonyl (C=O) groups excluding carboxylic acids is 1. The van der Waals surface area contributed by atoms with E-state index in [0.29, 0.717) is 22.9 Å². The summed E-state index contributed by atoms with van der Waals surface area (Å²) in [5.74, 6) is 0.263. The predicted molar refractivity (Wildman–Crippen MR) is 79.4 cm³/mol. The van der Waals surface area contributed by atoms with Crippen molar-refractivity contribution >= 4 is 17.3 Å². The fourth-order valence-corrected chi connectivity index (χ4v) is 2.09. The standard InChI is InChI=1S/C15H24N2O2/c1-5-10(2)9-11(3)17-14-12(15(18)19-4)7-6-8-13(14)16/h6-8,10-11,17H,5,9,16H2,1-4H3. The first-order chi connectivity index (χ1) is 8.99. The Labute approximate surface area is 115 Å². The monoisotopic (exact) mass is 264 g/mol. The summed E-state index contributed by atoms with van der Waals surface area (Å²) < 4.78 is 4.78. The van der Waals surface area contributed by atoms with E-state index in [2.05, 4.69) is 26.1 Å². The highest BCUT2D eigenvalue weighted by Crippen LogP contribution is 2.26. The van der Waals surface area contributed by atoms with E-state index in [1.54, 1.807) is 18.2 Å². The molecule has 0 fully saturated rings. The fraction of sp³-hybridized carbons (Fsp3) is 0.533. The molecule has 0 aromatic heterocycles. The van der Waals surface area contributed by atoms with Gasteiger partial charge in [-0.3, -0.25) is 0 Å². The molecule has 0 bridgehead atoms. The van der Waals surface area contributed by atoms with Crippen LogP contribution in [-0.4, -0.2) is 19.1 Å². The Hall–Kier alpha value is -1.71. The first-order valence-corrected chi connectivity index (χ1v) is 6.72. The van der Waals surface area contributed by atoms with Crippen LogP contribution in [0.4, 0.5) is 11.4 Å². The highest BCUT2D eigenvalue weighted by atomic mass is 16.5. The molecule has 0 spiro atoms. The van der Waals surface area contributed by atoms with Gasteiger partial charge in [-0.2, -0.15) is 0 Å². The fourth-order valence-electron chi connectivity index (χ4n) is 2.09. The number of nitrogens with two attached hydrogens (primary N) is 1. The van der Waals surface area contributed by atoms with Crippen LogP contribution in [-0.2, 0) is 4.74 Å². The number of anilines is 2. The van der Waals surface area contributed by atoms with Crippen molar-refractivity contribution < 1.29 is 9.53 Å². The van der Waals surface area contributed by atoms with E-state index in [1.165, 1.54) is 7.11 Å². The molecule has 106 valence electrons. The van der Waals surface area contributed by atoms with Crippen LogP contribution in [0.25, 0.3) is 0 Å². The number of carbonyl (C=O) groups is 1. The van der Waals surface area contributed by atoms with Crippen LogP contribution in [0.1, 0.15) is 44.0 Å². The summed E-state index contributed by atoms with van der Waals surface area (Å²) in [6, 6.07) is 5.51. The van der Waals surface area contributed by atoms with E-state index in [-0.39, 0.29) is 12.0 Å². The molecule has 1 aromatic carbocycles. The SMILES string of the molecule is CCC(C)CC(C)Nc1c(N)cccc1C(=O)OC. The van der Waals surface area contributed by atoms with Gasteiger partial charge in [-0.25, -0.2) is 4.79 Å². The summed E-state index contributed by atoms with van der Waals surface area (Å²) in [7, 11) is 1.37. The molecule has 3 N–H and O–H groups in total. The summed E-state index contributed by atoms with van der Waals surface area (Å²) in [6.07, 6.45) is 2.17. The van der Waals surface area contributed by atoms with E-state index >= 15 is 0 Å². The summed E-state index contributed by atoms with van der Waals surface area (Å²) in [4.78, 5) is 11.7. The van der Waals surface area contributed by atoms with E-state index in [1.807, 2.05) is 0 Å². The van der Waals surface area contributed by atoms with Gasteiger partial charge >= 0.3 is 5.97 Å². The molecule has 4 heteroatoms. The van der Waals surface area contributed by atoms with Gasteiger partial charge in [0.15, 0.2) is 0 Å². The molecular weight excluding hydrogens is 240 g/mol. The largest absolute Gasteiger partial charge is 0.465 e. The van der Waals surface area contributed by atoms with Crippen LogP contribution in [0.15, 0.2) is 18.2 Å². The summed E-state index contributed by atoms with van der Waals surface area (Å²) in [5.41, 5.74) is 7.68. The smallest absolute Gasteiger partial charge is 0.340 e. The lowest BCUT2D eigenvalue weighted by Gasteiger charge is -2.21. The number of rotatable bonds is 6. The molecule has 0 heterocycles. The van der Waals surface area contributed by atoms with Crippen molar-refractivity contribution in [3.8, 4) is 0 Å². The first kappa shape index (κ1) is 15.3. The second kappa shape index (κ2) is 7.02. The molecule has 19 heavy (non-hydrogen) atoms. The Morgan fingerprint density at radius 3 is 2.68 bits per heavy atom. The lowest BCUT2D eigenvalue weighted by atomic mass is 9.99. The van der Waals surface area contributed by atoms with Gasteiger partial charge in [0.2, 0.25) is 0 Å². The molecule has 0 saturated carbocycles. The lowest BCUT2D eigenvalue weighted by molar-refractivity contribution is 0.0602. The van der Waals surface area contributed by atoms with Crippen LogP contribution in [0, 0.1) is 5.92 Å². The Balaban J connectivity index is 2.90. The number of benzene rings is 1. The lowest BCUT2D eigenvalue weighted by Crippen LogP contribution is -2.21. The zero-order valence-corrected chi connectivity index (χ0v) is 12.2. The number of hydrogen-bond acceptors (Lipinski definition) is 4. The maximum atomic E-state index is 11.7. The summed E-state index contributed by atoms with van der Waals surface area (Å²) in [6.45, 7) is 6.49. The number of esters is 1. The number of hydrogen-bond donors (Lipinski definition) is 2. The molecular formula is C15H24N2O2. The van der Waals surface area contributed by atoms with Crippen molar-refractivity contribution in [3.05, 3.63) is 23.8 Å². The van der Waals surface area contributed by atoms with Gasteiger partial charge in [0.05, 0.1) is 24.0 Å². The van der Waals surface area contributed by atoms with Gasteiger partial charge in [-0.15, -0.1) is 0 Å². The number of methoxy groups -OCH3 is 1. The van der Waals surface area contributed by atoms with Gasteiger partial charge in [0.25, 0.3) is 0 Å². The molecule has 0 amide bonds. The highest BCUT2D eigenvalue weighted by molar-refractivity contribution is 5.98. The molecule has 2 atom stereocenters. The van der Waals surface area contributed by atoms with Crippen molar-refractivity contribution in [2.75, 3.05) is 18.2 Å². The van der Waals surface area contributed by atoms with Gasteiger partial charge in [-0.05, 0) is 31.4 Å². The summed E-state index contributed by atoms with van der Waals surface area (Å²) in [5, 5.41) is 3.33. The molecule has 1 rings (SSSR count). The molecule has 0 aliphatic rings. The normalized spacial score (nSPS) is 13.7. The van der Waals surface area contributed by atoms with Crippen molar-refractivity contribution in [2.45, 2.75) is 39.7 Å². The van der Waals surface area contributed by atoms with E-state index in [4.69, 9.17) is 10.5 Å². The molecule has 4 nitrogen and oxygen atoms in total. The Morgan fingerprint density at radius 2 is 2.11 bits per heavy atom. The van der Waals surface area contributed by atoms with E-state index in [0.717, 1.165) is 12.8 Å². The van der Waals surface area contributed by atoms with Crippen LogP contribution >= 0.6 is 0 Å². The minimum atomic E-state index is -0.370. The zero-order valence-electron chi connectivity index (χ0n) is 12.2. The Bertz CT molecular complexity index is 432. The second-order valence-electron chi connectivity index (χ2n) is 5.06. The van der Waals surface area contributed by atoms with Gasteiger partial charge in [0.1, 0.15) is 0 Å². The topological polar surface area (TPSA) is 64.3 Å². The third-order valence-corrected chi connectivity index (χ3v) is 3.35. The van der Waals surface area contributed by atoms with Crippen molar-refractivity contribution in [3.63, 3.8) is 0 Å². The van der Waals surface area contributed by atoms with Crippen LogP contribution < -0.4 is 11.1 Å². The first-order valence-electron chi connectivity index (χ1n) is 6.72. The van der Waals surface area contributed by atoms with E-state index < -0.39 is 0 Å². The number of nitrogen functional groups attached to an aromatic ring is 1. The van der Waals surface area contributed by atoms with Crippen molar-refractivity contribution in [1.82, 2.24) is 0 Å². The van der Waals surface area contributed by atoms with Crippen LogP contribution in [0.2, 0.25) is 0 Å². The minimum absolute atomic E-state index is 0.253. The molecule has 2 unspecified atom stereocenters. The molecule has 0 aliphatic carbocycles. The van der Waals surface area contributed by atoms with Gasteiger partial charge < -0.3 is 15.8 Å². The third kappa shape index (κ3) is 4.16. The summed E-state index contributed by atoms with van der Waals surface area (Å²) >= 11 is 0. The quantitative estimate of drug-likeness (QED) is 0.611. The maximum absolute atomic E-state index is 11.7. The van der Waals surface area contributed by atoms with Crippen molar-refractivity contribution in [2.24, 2.45) is 5.92 Å². The molecule has 1 aromatic rings. The maximum Gasteiger partial charge on any atom is 0.340 e. The number of ether oxygens (including phenoxy) is 1. The van der Waals surface area contributed by atoms with Gasteiger partial charge in [0, 0.05) is 6.04 Å². The third-order valence-electron chi connectivity index (χ3n) is 3.35. The molecule has 0 radical (unpaired) electrons. The van der Waals surface area contributed by atoms with Crippen LogP contribution in [0.3, 0.4) is 0 Å². The average molecular weight is 264 g/mol. The minimum Gasteiger partial charge on any atom is -0.465 e. The molecule has 0 aliphatic heterocycles. The van der Waals surface area contributed by atoms with Gasteiger partial charge in [-0.1, -0.05) is 26.3 Å². The second-order valence-corrected chi connectivity index (χ2v) is 5.06. The number of para-hydroxylation sites is 1. The zero-order chi connectivity index (χ0) is 14.4. The van der Waals surface area contributed by atoms with Crippen molar-refractivity contribution in [1.29, 1.82) is 0 Å². The predicted octanol–water partition coefficient (Wildman–Crippen LogP) is 3.29.